The molecule has 6 heteroatoms. The van der Waals surface area contributed by atoms with Crippen LogP contribution >= 0.6 is 0 Å². The summed E-state index contributed by atoms with van der Waals surface area (Å²) in [5.74, 6) is -1.38. The van der Waals surface area contributed by atoms with E-state index in [2.05, 4.69) is 4.98 Å². The number of fused-ring (bicyclic) bond motifs is 1. The molecule has 3 rings (SSSR count). The number of halogens is 3. The van der Waals surface area contributed by atoms with Gasteiger partial charge >= 0.3 is 12.1 Å². The summed E-state index contributed by atoms with van der Waals surface area (Å²) in [4.78, 5) is 16.4. The van der Waals surface area contributed by atoms with Crippen molar-refractivity contribution >= 4 is 16.9 Å². The SMILES string of the molecule is O=C(Oc1ccccc1C(F)(F)F)c1cccc2ncccc12. The van der Waals surface area contributed by atoms with Gasteiger partial charge in [0, 0.05) is 11.6 Å². The molecule has 0 fully saturated rings. The van der Waals surface area contributed by atoms with Gasteiger partial charge in [0.15, 0.2) is 0 Å². The second-order valence-electron chi connectivity index (χ2n) is 4.76. The van der Waals surface area contributed by atoms with Gasteiger partial charge in [-0.15, -0.1) is 0 Å². The van der Waals surface area contributed by atoms with E-state index in [0.717, 1.165) is 12.1 Å². The Bertz CT molecular complexity index is 870. The predicted octanol–water partition coefficient (Wildman–Crippen LogP) is 4.47. The molecular formula is C17H10F3NO2. The Balaban J connectivity index is 2.00. The molecular weight excluding hydrogens is 307 g/mol. The number of benzene rings is 2. The number of hydrogen-bond donors (Lipinski definition) is 0. The van der Waals surface area contributed by atoms with Crippen LogP contribution in [0.2, 0.25) is 0 Å². The second-order valence-corrected chi connectivity index (χ2v) is 4.76. The van der Waals surface area contributed by atoms with E-state index < -0.39 is 23.5 Å². The van der Waals surface area contributed by atoms with Crippen molar-refractivity contribution in [1.82, 2.24) is 4.98 Å². The monoisotopic (exact) mass is 317 g/mol. The van der Waals surface area contributed by atoms with Crippen molar-refractivity contribution in [3.8, 4) is 5.75 Å². The number of pyridine rings is 1. The lowest BCUT2D eigenvalue weighted by Gasteiger charge is -2.13. The first-order chi connectivity index (χ1) is 11.0. The smallest absolute Gasteiger partial charge is 0.419 e. The summed E-state index contributed by atoms with van der Waals surface area (Å²) in [5.41, 5.74) is -0.273. The number of aromatic nitrogens is 1. The third-order valence-electron chi connectivity index (χ3n) is 3.26. The number of nitrogens with zero attached hydrogens (tertiary/aromatic N) is 1. The third kappa shape index (κ3) is 3.01. The lowest BCUT2D eigenvalue weighted by molar-refractivity contribution is -0.138. The van der Waals surface area contributed by atoms with Gasteiger partial charge in [0.1, 0.15) is 5.75 Å². The molecule has 0 bridgehead atoms. The largest absolute Gasteiger partial charge is 0.422 e. The molecule has 0 aliphatic heterocycles. The fourth-order valence-corrected chi connectivity index (χ4v) is 2.23. The average Bonchev–Trinajstić information content (AvgIpc) is 2.54. The van der Waals surface area contributed by atoms with E-state index in [0.29, 0.717) is 10.9 Å². The maximum atomic E-state index is 13.0. The lowest BCUT2D eigenvalue weighted by Crippen LogP contribution is -2.14. The minimum absolute atomic E-state index is 0.160. The van der Waals surface area contributed by atoms with Crippen LogP contribution in [0.4, 0.5) is 13.2 Å². The molecule has 116 valence electrons. The van der Waals surface area contributed by atoms with Crippen molar-refractivity contribution in [3.63, 3.8) is 0 Å². The highest BCUT2D eigenvalue weighted by Crippen LogP contribution is 2.36. The number of esters is 1. The van der Waals surface area contributed by atoms with E-state index in [4.69, 9.17) is 4.74 Å². The number of alkyl halides is 3. The van der Waals surface area contributed by atoms with Crippen LogP contribution in [0.15, 0.2) is 60.8 Å². The number of ether oxygens (including phenoxy) is 1. The van der Waals surface area contributed by atoms with Crippen LogP contribution < -0.4 is 4.74 Å². The number of rotatable bonds is 2. The lowest BCUT2D eigenvalue weighted by atomic mass is 10.1. The van der Waals surface area contributed by atoms with Crippen molar-refractivity contribution in [1.29, 1.82) is 0 Å². The Hall–Kier alpha value is -2.89. The Morgan fingerprint density at radius 1 is 0.957 bits per heavy atom. The molecule has 0 saturated carbocycles. The molecule has 0 radical (unpaired) electrons. The van der Waals surface area contributed by atoms with E-state index in [1.54, 1.807) is 30.5 Å². The van der Waals surface area contributed by atoms with E-state index in [-0.39, 0.29) is 5.56 Å². The number of para-hydroxylation sites is 1. The van der Waals surface area contributed by atoms with Crippen molar-refractivity contribution in [2.24, 2.45) is 0 Å². The van der Waals surface area contributed by atoms with Gasteiger partial charge in [0.25, 0.3) is 0 Å². The molecule has 0 unspecified atom stereocenters. The van der Waals surface area contributed by atoms with Gasteiger partial charge in [-0.1, -0.05) is 24.3 Å². The maximum Gasteiger partial charge on any atom is 0.419 e. The standard InChI is InChI=1S/C17H10F3NO2/c18-17(19,20)13-7-1-2-9-15(13)23-16(22)12-5-3-8-14-11(12)6-4-10-21-14/h1-10H. The molecule has 3 nitrogen and oxygen atoms in total. The first-order valence-electron chi connectivity index (χ1n) is 6.69. The molecule has 0 N–H and O–H groups in total. The molecule has 3 aromatic rings. The van der Waals surface area contributed by atoms with Crippen LogP contribution in [-0.4, -0.2) is 11.0 Å². The van der Waals surface area contributed by atoms with Crippen molar-refractivity contribution in [2.45, 2.75) is 6.18 Å². The van der Waals surface area contributed by atoms with Crippen LogP contribution in [0.1, 0.15) is 15.9 Å². The van der Waals surface area contributed by atoms with Crippen LogP contribution in [0.5, 0.6) is 5.75 Å². The van der Waals surface area contributed by atoms with Gasteiger partial charge < -0.3 is 4.74 Å². The summed E-state index contributed by atoms with van der Waals surface area (Å²) in [6, 6.07) is 12.7. The highest BCUT2D eigenvalue weighted by molar-refractivity contribution is 6.04. The molecule has 1 heterocycles. The summed E-state index contributed by atoms with van der Waals surface area (Å²) in [6.45, 7) is 0. The molecule has 0 aliphatic carbocycles. The van der Waals surface area contributed by atoms with Crippen molar-refractivity contribution < 1.29 is 22.7 Å². The van der Waals surface area contributed by atoms with Crippen LogP contribution in [-0.2, 0) is 6.18 Å². The third-order valence-corrected chi connectivity index (χ3v) is 3.26. The summed E-state index contributed by atoms with van der Waals surface area (Å²) in [7, 11) is 0. The quantitative estimate of drug-likeness (QED) is 0.517. The van der Waals surface area contributed by atoms with E-state index in [1.807, 2.05) is 0 Å². The number of hydrogen-bond acceptors (Lipinski definition) is 3. The average molecular weight is 317 g/mol. The highest BCUT2D eigenvalue weighted by atomic mass is 19.4. The molecule has 0 amide bonds. The van der Waals surface area contributed by atoms with E-state index >= 15 is 0 Å². The minimum Gasteiger partial charge on any atom is -0.422 e. The zero-order valence-corrected chi connectivity index (χ0v) is 11.7. The molecule has 0 saturated heterocycles. The van der Waals surface area contributed by atoms with Gasteiger partial charge in [-0.2, -0.15) is 13.2 Å². The highest BCUT2D eigenvalue weighted by Gasteiger charge is 2.34. The van der Waals surface area contributed by atoms with Gasteiger partial charge in [-0.3, -0.25) is 4.98 Å². The molecule has 1 aromatic heterocycles. The van der Waals surface area contributed by atoms with Gasteiger partial charge in [-0.25, -0.2) is 4.79 Å². The second kappa shape index (κ2) is 5.72. The van der Waals surface area contributed by atoms with Crippen molar-refractivity contribution in [2.75, 3.05) is 0 Å². The van der Waals surface area contributed by atoms with Gasteiger partial charge in [0.2, 0.25) is 0 Å². The van der Waals surface area contributed by atoms with E-state index in [9.17, 15) is 18.0 Å². The molecule has 2 aromatic carbocycles. The fraction of sp³-hybridized carbons (Fsp3) is 0.0588. The predicted molar refractivity (Wildman–Crippen MR) is 78.1 cm³/mol. The summed E-state index contributed by atoms with van der Waals surface area (Å²) in [6.07, 6.45) is -3.03. The Morgan fingerprint density at radius 2 is 1.74 bits per heavy atom. The fourth-order valence-electron chi connectivity index (χ4n) is 2.23. The molecule has 0 atom stereocenters. The topological polar surface area (TPSA) is 39.2 Å². The van der Waals surface area contributed by atoms with E-state index in [1.165, 1.54) is 18.2 Å². The first-order valence-corrected chi connectivity index (χ1v) is 6.69. The zero-order valence-electron chi connectivity index (χ0n) is 11.7. The van der Waals surface area contributed by atoms with Crippen molar-refractivity contribution in [3.05, 3.63) is 71.9 Å². The summed E-state index contributed by atoms with van der Waals surface area (Å²) in [5, 5.41) is 0.518. The van der Waals surface area contributed by atoms with Crippen LogP contribution in [0.3, 0.4) is 0 Å². The van der Waals surface area contributed by atoms with Gasteiger partial charge in [0.05, 0.1) is 16.6 Å². The minimum atomic E-state index is -4.60. The first kappa shape index (κ1) is 15.0. The van der Waals surface area contributed by atoms with Crippen LogP contribution in [0, 0.1) is 0 Å². The maximum absolute atomic E-state index is 13.0. The normalized spacial score (nSPS) is 11.4. The van der Waals surface area contributed by atoms with Crippen LogP contribution in [0.25, 0.3) is 10.9 Å². The molecule has 0 spiro atoms. The van der Waals surface area contributed by atoms with Gasteiger partial charge in [-0.05, 0) is 30.3 Å². The summed E-state index contributed by atoms with van der Waals surface area (Å²) < 4.78 is 43.8. The zero-order chi connectivity index (χ0) is 16.4. The number of carbonyl (C=O) groups is 1. The Labute approximate surface area is 129 Å². The Morgan fingerprint density at radius 3 is 2.52 bits per heavy atom. The number of carbonyl (C=O) groups excluding carboxylic acids is 1. The summed E-state index contributed by atoms with van der Waals surface area (Å²) >= 11 is 0. The molecule has 0 aliphatic rings. The Kier molecular flexibility index (Phi) is 3.73. The molecule has 23 heavy (non-hydrogen) atoms.